The molecule has 1 atom stereocenters. The van der Waals surface area contributed by atoms with Crippen LogP contribution in [0.25, 0.3) is 0 Å². The smallest absolute Gasteiger partial charge is 0.0939 e. The van der Waals surface area contributed by atoms with Crippen molar-refractivity contribution >= 4 is 0 Å². The molecule has 2 N–H and O–H groups in total. The van der Waals surface area contributed by atoms with E-state index in [1.165, 1.54) is 0 Å². The maximum Gasteiger partial charge on any atom is 0.0939 e. The monoisotopic (exact) mass is 133 g/mol. The molecule has 0 heterocycles. The van der Waals surface area contributed by atoms with Gasteiger partial charge in [-0.3, -0.25) is 4.39 Å². The molecule has 0 aliphatic rings. The molecule has 0 bridgehead atoms. The molecule has 0 rings (SSSR count). The first-order valence-corrected chi connectivity index (χ1v) is 3.28. The molecule has 0 aromatic rings. The van der Waals surface area contributed by atoms with Gasteiger partial charge in [-0.2, -0.15) is 0 Å². The second-order valence-electron chi connectivity index (χ2n) is 3.45. The van der Waals surface area contributed by atoms with E-state index in [-0.39, 0.29) is 18.0 Å². The van der Waals surface area contributed by atoms with E-state index in [0.29, 0.717) is 6.54 Å². The Morgan fingerprint density at radius 2 is 1.89 bits per heavy atom. The zero-order valence-electron chi connectivity index (χ0n) is 6.45. The van der Waals surface area contributed by atoms with Gasteiger partial charge in [0.1, 0.15) is 0 Å². The third kappa shape index (κ3) is 2.80. The minimum Gasteiger partial charge on any atom is -0.330 e. The van der Waals surface area contributed by atoms with Gasteiger partial charge in [-0.1, -0.05) is 20.8 Å². The van der Waals surface area contributed by atoms with Crippen molar-refractivity contribution in [3.63, 3.8) is 0 Å². The van der Waals surface area contributed by atoms with Crippen LogP contribution in [-0.2, 0) is 0 Å². The van der Waals surface area contributed by atoms with Crippen LogP contribution in [0.5, 0.6) is 0 Å². The molecule has 0 amide bonds. The Bertz CT molecular complexity index is 71.5. The quantitative estimate of drug-likeness (QED) is 0.608. The van der Waals surface area contributed by atoms with E-state index in [9.17, 15) is 4.39 Å². The van der Waals surface area contributed by atoms with E-state index in [1.807, 2.05) is 20.8 Å². The molecule has 0 saturated heterocycles. The van der Waals surface area contributed by atoms with Gasteiger partial charge in [0.15, 0.2) is 0 Å². The van der Waals surface area contributed by atoms with Gasteiger partial charge in [-0.15, -0.1) is 0 Å². The molecule has 0 saturated carbocycles. The van der Waals surface area contributed by atoms with Crippen LogP contribution in [0, 0.1) is 11.3 Å². The standard InChI is InChI=1S/C7H16FN/c1-7(2,3)6(4-8)5-9/h6H,4-5,9H2,1-3H3. The Hall–Kier alpha value is -0.110. The summed E-state index contributed by atoms with van der Waals surface area (Å²) in [5, 5.41) is 0. The van der Waals surface area contributed by atoms with Crippen molar-refractivity contribution in [1.82, 2.24) is 0 Å². The zero-order chi connectivity index (χ0) is 7.49. The summed E-state index contributed by atoms with van der Waals surface area (Å²) in [4.78, 5) is 0. The summed E-state index contributed by atoms with van der Waals surface area (Å²) >= 11 is 0. The first-order valence-electron chi connectivity index (χ1n) is 3.28. The van der Waals surface area contributed by atoms with Gasteiger partial charge in [0, 0.05) is 5.92 Å². The third-order valence-electron chi connectivity index (χ3n) is 1.70. The second kappa shape index (κ2) is 3.16. The van der Waals surface area contributed by atoms with Crippen molar-refractivity contribution in [3.8, 4) is 0 Å². The van der Waals surface area contributed by atoms with Crippen LogP contribution in [0.3, 0.4) is 0 Å². The molecule has 0 aliphatic heterocycles. The van der Waals surface area contributed by atoms with Gasteiger partial charge in [0.05, 0.1) is 6.67 Å². The summed E-state index contributed by atoms with van der Waals surface area (Å²) in [6.07, 6.45) is 0. The van der Waals surface area contributed by atoms with Crippen LogP contribution >= 0.6 is 0 Å². The van der Waals surface area contributed by atoms with Gasteiger partial charge in [-0.05, 0) is 12.0 Å². The van der Waals surface area contributed by atoms with Crippen LogP contribution in [-0.4, -0.2) is 13.2 Å². The zero-order valence-corrected chi connectivity index (χ0v) is 6.45. The van der Waals surface area contributed by atoms with Crippen molar-refractivity contribution in [2.45, 2.75) is 20.8 Å². The Kier molecular flexibility index (Phi) is 3.12. The lowest BCUT2D eigenvalue weighted by Gasteiger charge is -2.26. The fraction of sp³-hybridized carbons (Fsp3) is 1.00. The second-order valence-corrected chi connectivity index (χ2v) is 3.45. The van der Waals surface area contributed by atoms with Crippen LogP contribution in [0.2, 0.25) is 0 Å². The SMILES string of the molecule is CC(C)(C)C(CN)CF. The molecular weight excluding hydrogens is 117 g/mol. The maximum absolute atomic E-state index is 12.1. The van der Waals surface area contributed by atoms with Crippen molar-refractivity contribution < 1.29 is 4.39 Å². The Morgan fingerprint density at radius 1 is 1.44 bits per heavy atom. The average Bonchev–Trinajstić information content (AvgIpc) is 1.65. The minimum absolute atomic E-state index is 0.0116. The fourth-order valence-electron chi connectivity index (χ4n) is 0.648. The normalized spacial score (nSPS) is 15.7. The van der Waals surface area contributed by atoms with E-state index in [0.717, 1.165) is 0 Å². The molecule has 0 aromatic carbocycles. The van der Waals surface area contributed by atoms with E-state index >= 15 is 0 Å². The van der Waals surface area contributed by atoms with E-state index in [2.05, 4.69) is 0 Å². The molecule has 9 heavy (non-hydrogen) atoms. The predicted molar refractivity (Wildman–Crippen MR) is 38.0 cm³/mol. The highest BCUT2D eigenvalue weighted by atomic mass is 19.1. The lowest BCUT2D eigenvalue weighted by molar-refractivity contribution is 0.198. The summed E-state index contributed by atoms with van der Waals surface area (Å²) < 4.78 is 12.1. The summed E-state index contributed by atoms with van der Waals surface area (Å²) in [6, 6.07) is 0. The van der Waals surface area contributed by atoms with Gasteiger partial charge in [0.25, 0.3) is 0 Å². The first-order chi connectivity index (χ1) is 4.02. The van der Waals surface area contributed by atoms with Crippen molar-refractivity contribution in [1.29, 1.82) is 0 Å². The maximum atomic E-state index is 12.1. The minimum atomic E-state index is -0.306. The van der Waals surface area contributed by atoms with E-state index in [4.69, 9.17) is 5.73 Å². The summed E-state index contributed by atoms with van der Waals surface area (Å²) in [7, 11) is 0. The highest BCUT2D eigenvalue weighted by Crippen LogP contribution is 2.24. The lowest BCUT2D eigenvalue weighted by Crippen LogP contribution is -2.29. The average molecular weight is 133 g/mol. The van der Waals surface area contributed by atoms with E-state index in [1.54, 1.807) is 0 Å². The molecule has 2 heteroatoms. The van der Waals surface area contributed by atoms with Crippen LogP contribution in [0.1, 0.15) is 20.8 Å². The Morgan fingerprint density at radius 3 is 1.89 bits per heavy atom. The van der Waals surface area contributed by atoms with Crippen LogP contribution < -0.4 is 5.73 Å². The Balaban J connectivity index is 3.79. The largest absolute Gasteiger partial charge is 0.330 e. The summed E-state index contributed by atoms with van der Waals surface area (Å²) in [6.45, 7) is 6.15. The summed E-state index contributed by atoms with van der Waals surface area (Å²) in [5.41, 5.74) is 5.35. The lowest BCUT2D eigenvalue weighted by atomic mass is 9.82. The van der Waals surface area contributed by atoms with Gasteiger partial charge < -0.3 is 5.73 Å². The predicted octanol–water partition coefficient (Wildman–Crippen LogP) is 1.58. The summed E-state index contributed by atoms with van der Waals surface area (Å²) in [5.74, 6) is 0.0116. The molecule has 0 radical (unpaired) electrons. The number of hydrogen-bond donors (Lipinski definition) is 1. The third-order valence-corrected chi connectivity index (χ3v) is 1.70. The molecule has 0 fully saturated rings. The highest BCUT2D eigenvalue weighted by molar-refractivity contribution is 4.73. The van der Waals surface area contributed by atoms with Crippen LogP contribution in [0.15, 0.2) is 0 Å². The van der Waals surface area contributed by atoms with Crippen molar-refractivity contribution in [2.75, 3.05) is 13.2 Å². The molecule has 0 aromatic heterocycles. The number of nitrogens with two attached hydrogens (primary N) is 1. The van der Waals surface area contributed by atoms with Crippen molar-refractivity contribution in [3.05, 3.63) is 0 Å². The number of rotatable bonds is 2. The fourth-order valence-corrected chi connectivity index (χ4v) is 0.648. The number of hydrogen-bond acceptors (Lipinski definition) is 1. The highest BCUT2D eigenvalue weighted by Gasteiger charge is 2.22. The molecule has 1 nitrogen and oxygen atoms in total. The van der Waals surface area contributed by atoms with Gasteiger partial charge in [-0.25, -0.2) is 0 Å². The van der Waals surface area contributed by atoms with Gasteiger partial charge >= 0.3 is 0 Å². The first kappa shape index (κ1) is 8.89. The van der Waals surface area contributed by atoms with Gasteiger partial charge in [0.2, 0.25) is 0 Å². The molecule has 56 valence electrons. The molecule has 0 spiro atoms. The number of halogens is 1. The molecular formula is C7H16FN. The topological polar surface area (TPSA) is 26.0 Å². The van der Waals surface area contributed by atoms with E-state index < -0.39 is 0 Å². The van der Waals surface area contributed by atoms with Crippen LogP contribution in [0.4, 0.5) is 4.39 Å². The Labute approximate surface area is 56.4 Å². The molecule has 1 unspecified atom stereocenters. The van der Waals surface area contributed by atoms with Crippen molar-refractivity contribution in [2.24, 2.45) is 17.1 Å². The number of alkyl halides is 1. The molecule has 0 aliphatic carbocycles.